The van der Waals surface area contributed by atoms with E-state index in [0.717, 1.165) is 0 Å². The zero-order valence-corrected chi connectivity index (χ0v) is 10.7. The lowest BCUT2D eigenvalue weighted by molar-refractivity contribution is -0.120. The first-order valence-electron chi connectivity index (χ1n) is 5.71. The van der Waals surface area contributed by atoms with Crippen LogP contribution in [0.15, 0.2) is 24.3 Å². The Morgan fingerprint density at radius 1 is 1.37 bits per heavy atom. The number of imide groups is 1. The van der Waals surface area contributed by atoms with E-state index in [2.05, 4.69) is 16.0 Å². The molecule has 1 aliphatic rings. The molecule has 1 aromatic carbocycles. The van der Waals surface area contributed by atoms with Crippen molar-refractivity contribution in [1.29, 1.82) is 0 Å². The first kappa shape index (κ1) is 13.4. The molecule has 1 saturated heterocycles. The SMILES string of the molecule is O=C(CCC1NC(=O)NC1=O)Nc1cccc(Cl)c1. The predicted octanol–water partition coefficient (Wildman–Crippen LogP) is 1.27. The van der Waals surface area contributed by atoms with Crippen LogP contribution < -0.4 is 16.0 Å². The quantitative estimate of drug-likeness (QED) is 0.726. The summed E-state index contributed by atoms with van der Waals surface area (Å²) in [7, 11) is 0. The molecule has 0 bridgehead atoms. The van der Waals surface area contributed by atoms with Crippen LogP contribution >= 0.6 is 11.6 Å². The van der Waals surface area contributed by atoms with E-state index in [1.807, 2.05) is 0 Å². The number of nitrogens with one attached hydrogen (secondary N) is 3. The van der Waals surface area contributed by atoms with Gasteiger partial charge in [0.25, 0.3) is 5.91 Å². The molecule has 7 heteroatoms. The number of anilines is 1. The Hall–Kier alpha value is -2.08. The maximum Gasteiger partial charge on any atom is 0.322 e. The normalized spacial score (nSPS) is 17.8. The molecular weight excluding hydrogens is 270 g/mol. The fraction of sp³-hybridized carbons (Fsp3) is 0.250. The highest BCUT2D eigenvalue weighted by Crippen LogP contribution is 2.15. The fourth-order valence-corrected chi connectivity index (χ4v) is 1.92. The van der Waals surface area contributed by atoms with Crippen LogP contribution in [0.3, 0.4) is 0 Å². The van der Waals surface area contributed by atoms with E-state index in [1.54, 1.807) is 24.3 Å². The van der Waals surface area contributed by atoms with Crippen LogP contribution in [-0.2, 0) is 9.59 Å². The van der Waals surface area contributed by atoms with Gasteiger partial charge in [-0.25, -0.2) is 4.79 Å². The molecule has 1 heterocycles. The molecule has 3 N–H and O–H groups in total. The molecule has 1 aromatic rings. The largest absolute Gasteiger partial charge is 0.326 e. The Bertz CT molecular complexity index is 533. The van der Waals surface area contributed by atoms with Gasteiger partial charge in [0.2, 0.25) is 5.91 Å². The van der Waals surface area contributed by atoms with Gasteiger partial charge in [0.05, 0.1) is 0 Å². The lowest BCUT2D eigenvalue weighted by atomic mass is 10.1. The highest BCUT2D eigenvalue weighted by atomic mass is 35.5. The summed E-state index contributed by atoms with van der Waals surface area (Å²) in [5.74, 6) is -0.642. The number of carbonyl (C=O) groups is 3. The molecule has 6 nitrogen and oxygen atoms in total. The summed E-state index contributed by atoms with van der Waals surface area (Å²) in [5.41, 5.74) is 0.595. The van der Waals surface area contributed by atoms with Crippen LogP contribution in [-0.4, -0.2) is 23.9 Å². The van der Waals surface area contributed by atoms with Crippen molar-refractivity contribution < 1.29 is 14.4 Å². The summed E-state index contributed by atoms with van der Waals surface area (Å²) < 4.78 is 0. The lowest BCUT2D eigenvalue weighted by Crippen LogP contribution is -2.30. The first-order chi connectivity index (χ1) is 9.04. The number of halogens is 1. The summed E-state index contributed by atoms with van der Waals surface area (Å²) in [5, 5.41) is 7.73. The number of carbonyl (C=O) groups excluding carboxylic acids is 3. The molecule has 1 aliphatic heterocycles. The van der Waals surface area contributed by atoms with E-state index in [4.69, 9.17) is 11.6 Å². The van der Waals surface area contributed by atoms with Crippen LogP contribution in [0.1, 0.15) is 12.8 Å². The average molecular weight is 282 g/mol. The summed E-state index contributed by atoms with van der Waals surface area (Å²) in [6, 6.07) is 5.61. The van der Waals surface area contributed by atoms with Crippen molar-refractivity contribution in [3.8, 4) is 0 Å². The molecule has 19 heavy (non-hydrogen) atoms. The van der Waals surface area contributed by atoms with E-state index in [1.165, 1.54) is 0 Å². The minimum absolute atomic E-state index is 0.130. The maximum atomic E-state index is 11.7. The Morgan fingerprint density at radius 2 is 2.16 bits per heavy atom. The monoisotopic (exact) mass is 281 g/mol. The highest BCUT2D eigenvalue weighted by molar-refractivity contribution is 6.30. The van der Waals surface area contributed by atoms with Gasteiger partial charge in [0, 0.05) is 17.1 Å². The smallest absolute Gasteiger partial charge is 0.322 e. The first-order valence-corrected chi connectivity index (χ1v) is 6.09. The second-order valence-corrected chi connectivity index (χ2v) is 4.55. The van der Waals surface area contributed by atoms with Gasteiger partial charge in [0.1, 0.15) is 6.04 Å². The van der Waals surface area contributed by atoms with Crippen LogP contribution in [0.4, 0.5) is 10.5 Å². The van der Waals surface area contributed by atoms with Crippen molar-refractivity contribution in [3.05, 3.63) is 29.3 Å². The van der Waals surface area contributed by atoms with Crippen LogP contribution in [0.5, 0.6) is 0 Å². The molecule has 0 aliphatic carbocycles. The number of hydrogen-bond donors (Lipinski definition) is 3. The van der Waals surface area contributed by atoms with Crippen molar-refractivity contribution >= 4 is 35.1 Å². The van der Waals surface area contributed by atoms with Gasteiger partial charge in [-0.05, 0) is 24.6 Å². The van der Waals surface area contributed by atoms with E-state index >= 15 is 0 Å². The zero-order valence-electron chi connectivity index (χ0n) is 9.90. The maximum absolute atomic E-state index is 11.7. The average Bonchev–Trinajstić information content (AvgIpc) is 2.65. The van der Waals surface area contributed by atoms with Gasteiger partial charge in [0.15, 0.2) is 0 Å². The van der Waals surface area contributed by atoms with E-state index in [-0.39, 0.29) is 18.7 Å². The molecule has 0 aromatic heterocycles. The van der Waals surface area contributed by atoms with Gasteiger partial charge < -0.3 is 10.6 Å². The molecule has 1 atom stereocenters. The van der Waals surface area contributed by atoms with Gasteiger partial charge in [-0.15, -0.1) is 0 Å². The predicted molar refractivity (Wildman–Crippen MR) is 69.8 cm³/mol. The minimum atomic E-state index is -0.641. The minimum Gasteiger partial charge on any atom is -0.326 e. The second kappa shape index (κ2) is 5.71. The number of rotatable bonds is 4. The molecule has 4 amide bonds. The zero-order chi connectivity index (χ0) is 13.8. The molecular formula is C12H12ClN3O3. The van der Waals surface area contributed by atoms with Crippen LogP contribution in [0, 0.1) is 0 Å². The Balaban J connectivity index is 1.82. The van der Waals surface area contributed by atoms with Crippen molar-refractivity contribution in [3.63, 3.8) is 0 Å². The summed E-state index contributed by atoms with van der Waals surface area (Å²) >= 11 is 5.79. The van der Waals surface area contributed by atoms with Crippen molar-refractivity contribution in [2.45, 2.75) is 18.9 Å². The molecule has 0 radical (unpaired) electrons. The Labute approximate surface area is 114 Å². The number of urea groups is 1. The molecule has 1 unspecified atom stereocenters. The number of amides is 4. The molecule has 100 valence electrons. The van der Waals surface area contributed by atoms with E-state index < -0.39 is 18.0 Å². The standard InChI is InChI=1S/C12H12ClN3O3/c13-7-2-1-3-8(6-7)14-10(17)5-4-9-11(18)16-12(19)15-9/h1-3,6,9H,4-5H2,(H,14,17)(H2,15,16,18,19). The van der Waals surface area contributed by atoms with Gasteiger partial charge >= 0.3 is 6.03 Å². The Kier molecular flexibility index (Phi) is 4.01. The highest BCUT2D eigenvalue weighted by Gasteiger charge is 2.29. The summed E-state index contributed by atoms with van der Waals surface area (Å²) in [6.45, 7) is 0. The van der Waals surface area contributed by atoms with E-state index in [0.29, 0.717) is 10.7 Å². The van der Waals surface area contributed by atoms with Gasteiger partial charge in [-0.2, -0.15) is 0 Å². The van der Waals surface area contributed by atoms with Crippen molar-refractivity contribution in [1.82, 2.24) is 10.6 Å². The van der Waals surface area contributed by atoms with Gasteiger partial charge in [-0.1, -0.05) is 17.7 Å². The summed E-state index contributed by atoms with van der Waals surface area (Å²) in [6.07, 6.45) is 0.384. The molecule has 2 rings (SSSR count). The van der Waals surface area contributed by atoms with E-state index in [9.17, 15) is 14.4 Å². The van der Waals surface area contributed by atoms with Crippen LogP contribution in [0.25, 0.3) is 0 Å². The molecule has 0 saturated carbocycles. The van der Waals surface area contributed by atoms with Crippen molar-refractivity contribution in [2.24, 2.45) is 0 Å². The fourth-order valence-electron chi connectivity index (χ4n) is 1.73. The summed E-state index contributed by atoms with van der Waals surface area (Å²) in [4.78, 5) is 33.8. The third kappa shape index (κ3) is 3.69. The third-order valence-electron chi connectivity index (χ3n) is 2.63. The number of hydrogen-bond acceptors (Lipinski definition) is 3. The third-order valence-corrected chi connectivity index (χ3v) is 2.86. The number of benzene rings is 1. The Morgan fingerprint density at radius 3 is 2.79 bits per heavy atom. The molecule has 1 fully saturated rings. The second-order valence-electron chi connectivity index (χ2n) is 4.11. The van der Waals surface area contributed by atoms with Crippen LogP contribution in [0.2, 0.25) is 5.02 Å². The molecule has 0 spiro atoms. The van der Waals surface area contributed by atoms with Gasteiger partial charge in [-0.3, -0.25) is 14.9 Å². The topological polar surface area (TPSA) is 87.3 Å². The lowest BCUT2D eigenvalue weighted by Gasteiger charge is -2.08. The van der Waals surface area contributed by atoms with Crippen molar-refractivity contribution in [2.75, 3.05) is 5.32 Å².